The van der Waals surface area contributed by atoms with Crippen LogP contribution in [0.25, 0.3) is 5.69 Å². The SMILES string of the molecule is O=C(NCc1cn(-c2ccccc2)nn1)[C@H]1NCCc2ccccc21. The van der Waals surface area contributed by atoms with Crippen molar-refractivity contribution < 1.29 is 4.79 Å². The quantitative estimate of drug-likeness (QED) is 0.763. The molecule has 0 spiro atoms. The third-order valence-electron chi connectivity index (χ3n) is 4.38. The standard InChI is InChI=1S/C19H19N5O/c25-19(18-17-9-5-4-6-14(17)10-11-20-18)21-12-15-13-24(23-22-15)16-7-2-1-3-8-16/h1-9,13,18,20H,10-12H2,(H,21,25)/t18-/m0/s1. The Hall–Kier alpha value is -2.99. The summed E-state index contributed by atoms with van der Waals surface area (Å²) in [7, 11) is 0. The van der Waals surface area contributed by atoms with Gasteiger partial charge in [0.2, 0.25) is 5.91 Å². The van der Waals surface area contributed by atoms with Crippen molar-refractivity contribution >= 4 is 5.91 Å². The maximum absolute atomic E-state index is 12.6. The first-order valence-corrected chi connectivity index (χ1v) is 8.37. The number of para-hydroxylation sites is 1. The molecule has 1 aliphatic heterocycles. The van der Waals surface area contributed by atoms with Crippen molar-refractivity contribution in [1.29, 1.82) is 0 Å². The molecule has 0 aliphatic carbocycles. The minimum Gasteiger partial charge on any atom is -0.349 e. The average Bonchev–Trinajstić information content (AvgIpc) is 3.15. The van der Waals surface area contributed by atoms with E-state index in [-0.39, 0.29) is 11.9 Å². The summed E-state index contributed by atoms with van der Waals surface area (Å²) in [5.41, 5.74) is 3.95. The number of hydrogen-bond donors (Lipinski definition) is 2. The zero-order valence-electron chi connectivity index (χ0n) is 13.7. The smallest absolute Gasteiger partial charge is 0.242 e. The van der Waals surface area contributed by atoms with E-state index in [1.807, 2.05) is 54.7 Å². The number of aromatic nitrogens is 3. The van der Waals surface area contributed by atoms with Crippen LogP contribution in [0.5, 0.6) is 0 Å². The summed E-state index contributed by atoms with van der Waals surface area (Å²) in [6, 6.07) is 17.5. The van der Waals surface area contributed by atoms with E-state index < -0.39 is 0 Å². The highest BCUT2D eigenvalue weighted by molar-refractivity contribution is 5.83. The van der Waals surface area contributed by atoms with Crippen LogP contribution < -0.4 is 10.6 Å². The number of fused-ring (bicyclic) bond motifs is 1. The molecular formula is C19H19N5O. The van der Waals surface area contributed by atoms with Crippen molar-refractivity contribution in [2.45, 2.75) is 19.0 Å². The van der Waals surface area contributed by atoms with Crippen LogP contribution in [0.3, 0.4) is 0 Å². The first-order valence-electron chi connectivity index (χ1n) is 8.37. The van der Waals surface area contributed by atoms with E-state index in [2.05, 4.69) is 27.0 Å². The van der Waals surface area contributed by atoms with Gasteiger partial charge in [0, 0.05) is 6.54 Å². The first kappa shape index (κ1) is 15.5. The number of carbonyl (C=O) groups is 1. The molecule has 126 valence electrons. The summed E-state index contributed by atoms with van der Waals surface area (Å²) in [6.07, 6.45) is 2.78. The molecule has 2 aromatic carbocycles. The van der Waals surface area contributed by atoms with Crippen LogP contribution >= 0.6 is 0 Å². The molecule has 0 saturated heterocycles. The minimum absolute atomic E-state index is 0.0404. The number of carbonyl (C=O) groups excluding carboxylic acids is 1. The van der Waals surface area contributed by atoms with E-state index in [1.54, 1.807) is 4.68 Å². The Balaban J connectivity index is 1.42. The van der Waals surface area contributed by atoms with Crippen molar-refractivity contribution in [2.24, 2.45) is 0 Å². The van der Waals surface area contributed by atoms with Gasteiger partial charge in [-0.3, -0.25) is 4.79 Å². The van der Waals surface area contributed by atoms with Crippen molar-refractivity contribution in [3.8, 4) is 5.69 Å². The van der Waals surface area contributed by atoms with E-state index in [1.165, 1.54) is 5.56 Å². The first-order chi connectivity index (χ1) is 12.3. The third-order valence-corrected chi connectivity index (χ3v) is 4.38. The summed E-state index contributed by atoms with van der Waals surface area (Å²) in [5.74, 6) is -0.0404. The molecule has 2 heterocycles. The fraction of sp³-hybridized carbons (Fsp3) is 0.211. The van der Waals surface area contributed by atoms with E-state index in [0.29, 0.717) is 6.54 Å². The molecule has 6 nitrogen and oxygen atoms in total. The second-order valence-electron chi connectivity index (χ2n) is 6.04. The Bertz CT molecular complexity index is 874. The second-order valence-corrected chi connectivity index (χ2v) is 6.04. The largest absolute Gasteiger partial charge is 0.349 e. The average molecular weight is 333 g/mol. The number of hydrogen-bond acceptors (Lipinski definition) is 4. The van der Waals surface area contributed by atoms with Crippen LogP contribution in [0.4, 0.5) is 0 Å². The molecule has 1 aromatic heterocycles. The van der Waals surface area contributed by atoms with Gasteiger partial charge in [-0.05, 0) is 29.7 Å². The lowest BCUT2D eigenvalue weighted by Gasteiger charge is -2.25. The Labute approximate surface area is 145 Å². The van der Waals surface area contributed by atoms with Crippen molar-refractivity contribution in [3.05, 3.63) is 77.6 Å². The molecule has 1 aliphatic rings. The van der Waals surface area contributed by atoms with Crippen molar-refractivity contribution in [3.63, 3.8) is 0 Å². The van der Waals surface area contributed by atoms with Crippen LogP contribution in [0.15, 0.2) is 60.8 Å². The molecule has 1 amide bonds. The van der Waals surface area contributed by atoms with Gasteiger partial charge >= 0.3 is 0 Å². The van der Waals surface area contributed by atoms with Crippen LogP contribution in [-0.2, 0) is 17.8 Å². The fourth-order valence-corrected chi connectivity index (χ4v) is 3.10. The molecule has 0 fully saturated rings. The Morgan fingerprint density at radius 2 is 1.96 bits per heavy atom. The maximum Gasteiger partial charge on any atom is 0.242 e. The van der Waals surface area contributed by atoms with Crippen LogP contribution in [0, 0.1) is 0 Å². The topological polar surface area (TPSA) is 71.8 Å². The summed E-state index contributed by atoms with van der Waals surface area (Å²) in [5, 5.41) is 14.5. The number of nitrogens with zero attached hydrogens (tertiary/aromatic N) is 3. The highest BCUT2D eigenvalue weighted by atomic mass is 16.2. The number of nitrogens with one attached hydrogen (secondary N) is 2. The summed E-state index contributed by atoms with van der Waals surface area (Å²) >= 11 is 0. The lowest BCUT2D eigenvalue weighted by Crippen LogP contribution is -2.41. The van der Waals surface area contributed by atoms with Gasteiger partial charge in [0.05, 0.1) is 18.4 Å². The van der Waals surface area contributed by atoms with E-state index in [9.17, 15) is 4.79 Å². The molecule has 0 saturated carbocycles. The van der Waals surface area contributed by atoms with E-state index >= 15 is 0 Å². The molecule has 3 aromatic rings. The third kappa shape index (κ3) is 3.29. The van der Waals surface area contributed by atoms with Crippen molar-refractivity contribution in [1.82, 2.24) is 25.6 Å². The Morgan fingerprint density at radius 1 is 1.16 bits per heavy atom. The molecule has 2 N–H and O–H groups in total. The number of amides is 1. The molecule has 0 unspecified atom stereocenters. The highest BCUT2D eigenvalue weighted by Gasteiger charge is 2.25. The second kappa shape index (κ2) is 6.86. The normalized spacial score (nSPS) is 16.2. The lowest BCUT2D eigenvalue weighted by atomic mass is 9.94. The minimum atomic E-state index is -0.311. The van der Waals surface area contributed by atoms with Gasteiger partial charge in [-0.2, -0.15) is 0 Å². The molecule has 0 bridgehead atoms. The Kier molecular flexibility index (Phi) is 4.26. The number of benzene rings is 2. The number of rotatable bonds is 4. The predicted octanol–water partition coefficient (Wildman–Crippen LogP) is 1.77. The molecule has 4 rings (SSSR count). The van der Waals surface area contributed by atoms with E-state index in [4.69, 9.17) is 0 Å². The van der Waals surface area contributed by atoms with Gasteiger partial charge in [0.25, 0.3) is 0 Å². The fourth-order valence-electron chi connectivity index (χ4n) is 3.10. The van der Waals surface area contributed by atoms with Gasteiger partial charge in [-0.1, -0.05) is 47.7 Å². The van der Waals surface area contributed by atoms with Crippen molar-refractivity contribution in [2.75, 3.05) is 6.54 Å². The van der Waals surface area contributed by atoms with E-state index in [0.717, 1.165) is 29.9 Å². The van der Waals surface area contributed by atoms with Gasteiger partial charge < -0.3 is 10.6 Å². The van der Waals surface area contributed by atoms with Gasteiger partial charge in [0.15, 0.2) is 0 Å². The van der Waals surface area contributed by atoms with Gasteiger partial charge in [-0.25, -0.2) is 4.68 Å². The van der Waals surface area contributed by atoms with Crippen LogP contribution in [-0.4, -0.2) is 27.4 Å². The molecule has 1 atom stereocenters. The maximum atomic E-state index is 12.6. The summed E-state index contributed by atoms with van der Waals surface area (Å²) in [4.78, 5) is 12.6. The highest BCUT2D eigenvalue weighted by Crippen LogP contribution is 2.22. The molecular weight excluding hydrogens is 314 g/mol. The van der Waals surface area contributed by atoms with Gasteiger partial charge in [-0.15, -0.1) is 5.10 Å². The summed E-state index contributed by atoms with van der Waals surface area (Å²) < 4.78 is 1.70. The summed E-state index contributed by atoms with van der Waals surface area (Å²) in [6.45, 7) is 1.16. The molecule has 6 heteroatoms. The Morgan fingerprint density at radius 3 is 2.84 bits per heavy atom. The zero-order valence-corrected chi connectivity index (χ0v) is 13.7. The molecule has 25 heavy (non-hydrogen) atoms. The molecule has 0 radical (unpaired) electrons. The monoisotopic (exact) mass is 333 g/mol. The van der Waals surface area contributed by atoms with Crippen LogP contribution in [0.1, 0.15) is 22.9 Å². The van der Waals surface area contributed by atoms with Crippen LogP contribution in [0.2, 0.25) is 0 Å². The van der Waals surface area contributed by atoms with Gasteiger partial charge in [0.1, 0.15) is 11.7 Å². The zero-order chi connectivity index (χ0) is 17.1. The predicted molar refractivity (Wildman–Crippen MR) is 94.1 cm³/mol. The lowest BCUT2D eigenvalue weighted by molar-refractivity contribution is -0.123.